The fraction of sp³-hybridized carbons (Fsp3) is 0.600. The van der Waals surface area contributed by atoms with Crippen LogP contribution in [0.2, 0.25) is 0 Å². The quantitative estimate of drug-likeness (QED) is 0.832. The van der Waals surface area contributed by atoms with Crippen molar-refractivity contribution in [1.82, 2.24) is 5.32 Å². The lowest BCUT2D eigenvalue weighted by atomic mass is 10.0. The summed E-state index contributed by atoms with van der Waals surface area (Å²) in [5, 5.41) is 3.18. The Labute approximate surface area is 110 Å². The Morgan fingerprint density at radius 2 is 2.00 bits per heavy atom. The Kier molecular flexibility index (Phi) is 5.60. The van der Waals surface area contributed by atoms with Crippen molar-refractivity contribution in [2.24, 2.45) is 5.92 Å². The first-order valence-electron chi connectivity index (χ1n) is 6.68. The highest BCUT2D eigenvalue weighted by molar-refractivity contribution is 5.55. The van der Waals surface area contributed by atoms with Gasteiger partial charge in [0, 0.05) is 19.6 Å². The molecule has 0 heterocycles. The van der Waals surface area contributed by atoms with Gasteiger partial charge in [-0.1, -0.05) is 32.4 Å². The SMILES string of the molecule is CCC(C)CN(C)c1c(F)cccc1C(C)NC. The molecule has 1 aromatic rings. The van der Waals surface area contributed by atoms with Crippen LogP contribution in [0.5, 0.6) is 0 Å². The molecule has 2 nitrogen and oxygen atoms in total. The zero-order valence-corrected chi connectivity index (χ0v) is 12.1. The number of rotatable bonds is 6. The summed E-state index contributed by atoms with van der Waals surface area (Å²) in [7, 11) is 3.87. The molecule has 0 aliphatic carbocycles. The van der Waals surface area contributed by atoms with Crippen LogP contribution in [-0.2, 0) is 0 Å². The molecule has 0 aliphatic heterocycles. The van der Waals surface area contributed by atoms with E-state index in [0.717, 1.165) is 24.2 Å². The van der Waals surface area contributed by atoms with Gasteiger partial charge in [0.2, 0.25) is 0 Å². The molecule has 0 fully saturated rings. The molecule has 0 saturated carbocycles. The maximum absolute atomic E-state index is 14.1. The summed E-state index contributed by atoms with van der Waals surface area (Å²) in [6.45, 7) is 7.28. The van der Waals surface area contributed by atoms with Gasteiger partial charge in [-0.15, -0.1) is 0 Å². The van der Waals surface area contributed by atoms with E-state index in [1.807, 2.05) is 25.1 Å². The fourth-order valence-corrected chi connectivity index (χ4v) is 2.13. The third kappa shape index (κ3) is 3.45. The van der Waals surface area contributed by atoms with E-state index in [1.165, 1.54) is 6.07 Å². The van der Waals surface area contributed by atoms with Gasteiger partial charge in [0.1, 0.15) is 5.82 Å². The Morgan fingerprint density at radius 3 is 2.56 bits per heavy atom. The molecule has 3 heteroatoms. The zero-order chi connectivity index (χ0) is 13.7. The number of nitrogens with zero attached hydrogens (tertiary/aromatic N) is 1. The molecular weight excluding hydrogens is 227 g/mol. The minimum absolute atomic E-state index is 0.139. The van der Waals surface area contributed by atoms with E-state index < -0.39 is 0 Å². The molecule has 102 valence electrons. The van der Waals surface area contributed by atoms with Crippen molar-refractivity contribution in [3.63, 3.8) is 0 Å². The van der Waals surface area contributed by atoms with E-state index in [1.54, 1.807) is 6.07 Å². The predicted octanol–water partition coefficient (Wildman–Crippen LogP) is 3.59. The van der Waals surface area contributed by atoms with E-state index in [4.69, 9.17) is 0 Å². The van der Waals surface area contributed by atoms with Crippen LogP contribution >= 0.6 is 0 Å². The van der Waals surface area contributed by atoms with E-state index in [-0.39, 0.29) is 11.9 Å². The average molecular weight is 252 g/mol. The van der Waals surface area contributed by atoms with Gasteiger partial charge in [0.25, 0.3) is 0 Å². The first kappa shape index (κ1) is 15.0. The summed E-state index contributed by atoms with van der Waals surface area (Å²) in [5.41, 5.74) is 1.74. The first-order chi connectivity index (χ1) is 8.51. The minimum Gasteiger partial charge on any atom is -0.372 e. The largest absolute Gasteiger partial charge is 0.372 e. The molecule has 0 amide bonds. The average Bonchev–Trinajstić information content (AvgIpc) is 2.36. The number of hydrogen-bond donors (Lipinski definition) is 1. The third-order valence-corrected chi connectivity index (χ3v) is 3.58. The Hall–Kier alpha value is -1.09. The number of halogens is 1. The molecule has 0 spiro atoms. The highest BCUT2D eigenvalue weighted by Gasteiger charge is 2.17. The highest BCUT2D eigenvalue weighted by Crippen LogP contribution is 2.29. The van der Waals surface area contributed by atoms with Crippen LogP contribution in [0.1, 0.15) is 38.8 Å². The van der Waals surface area contributed by atoms with Crippen molar-refractivity contribution >= 4 is 5.69 Å². The first-order valence-corrected chi connectivity index (χ1v) is 6.68. The van der Waals surface area contributed by atoms with Crippen molar-refractivity contribution in [3.8, 4) is 0 Å². The molecule has 2 unspecified atom stereocenters. The lowest BCUT2D eigenvalue weighted by molar-refractivity contribution is 0.544. The lowest BCUT2D eigenvalue weighted by Crippen LogP contribution is -2.27. The lowest BCUT2D eigenvalue weighted by Gasteiger charge is -2.27. The third-order valence-electron chi connectivity index (χ3n) is 3.58. The molecule has 0 aliphatic rings. The maximum Gasteiger partial charge on any atom is 0.146 e. The summed E-state index contributed by atoms with van der Waals surface area (Å²) >= 11 is 0. The fourth-order valence-electron chi connectivity index (χ4n) is 2.13. The van der Waals surface area contributed by atoms with Gasteiger partial charge in [0.05, 0.1) is 5.69 Å². The van der Waals surface area contributed by atoms with Crippen LogP contribution in [0.25, 0.3) is 0 Å². The highest BCUT2D eigenvalue weighted by atomic mass is 19.1. The van der Waals surface area contributed by atoms with Gasteiger partial charge < -0.3 is 10.2 Å². The summed E-state index contributed by atoms with van der Waals surface area (Å²) in [6.07, 6.45) is 1.11. The smallest absolute Gasteiger partial charge is 0.146 e. The molecule has 18 heavy (non-hydrogen) atoms. The van der Waals surface area contributed by atoms with E-state index in [0.29, 0.717) is 5.92 Å². The van der Waals surface area contributed by atoms with Gasteiger partial charge in [-0.25, -0.2) is 4.39 Å². The standard InChI is InChI=1S/C15H25FN2/c1-6-11(2)10-18(5)15-13(12(3)17-4)8-7-9-14(15)16/h7-9,11-12,17H,6,10H2,1-5H3. The summed E-state index contributed by atoms with van der Waals surface area (Å²) in [4.78, 5) is 2.03. The number of anilines is 1. The van der Waals surface area contributed by atoms with Gasteiger partial charge in [0.15, 0.2) is 0 Å². The number of benzene rings is 1. The van der Waals surface area contributed by atoms with Crippen LogP contribution in [0, 0.1) is 11.7 Å². The molecule has 0 aromatic heterocycles. The number of para-hydroxylation sites is 1. The zero-order valence-electron chi connectivity index (χ0n) is 12.1. The van der Waals surface area contributed by atoms with Crippen molar-refractivity contribution in [2.45, 2.75) is 33.2 Å². The second-order valence-corrected chi connectivity index (χ2v) is 5.08. The molecule has 0 saturated heterocycles. The Balaban J connectivity index is 3.05. The predicted molar refractivity (Wildman–Crippen MR) is 76.6 cm³/mol. The van der Waals surface area contributed by atoms with Crippen molar-refractivity contribution in [3.05, 3.63) is 29.6 Å². The van der Waals surface area contributed by atoms with E-state index >= 15 is 0 Å². The van der Waals surface area contributed by atoms with Crippen LogP contribution in [0.15, 0.2) is 18.2 Å². The van der Waals surface area contributed by atoms with Crippen LogP contribution in [-0.4, -0.2) is 20.6 Å². The van der Waals surface area contributed by atoms with Crippen LogP contribution < -0.4 is 10.2 Å². The molecule has 0 radical (unpaired) electrons. The second kappa shape index (κ2) is 6.74. The molecule has 0 bridgehead atoms. The Bertz CT molecular complexity index is 379. The van der Waals surface area contributed by atoms with Gasteiger partial charge in [-0.05, 0) is 31.5 Å². The monoisotopic (exact) mass is 252 g/mol. The Morgan fingerprint density at radius 1 is 1.33 bits per heavy atom. The normalized spacial score (nSPS) is 14.3. The second-order valence-electron chi connectivity index (χ2n) is 5.08. The van der Waals surface area contributed by atoms with Gasteiger partial charge in [-0.2, -0.15) is 0 Å². The summed E-state index contributed by atoms with van der Waals surface area (Å²) in [5.74, 6) is 0.424. The molecule has 1 N–H and O–H groups in total. The molecule has 1 rings (SSSR count). The van der Waals surface area contributed by atoms with E-state index in [9.17, 15) is 4.39 Å². The molecule has 2 atom stereocenters. The van der Waals surface area contributed by atoms with Crippen molar-refractivity contribution in [1.29, 1.82) is 0 Å². The number of nitrogens with one attached hydrogen (secondary N) is 1. The van der Waals surface area contributed by atoms with Gasteiger partial charge >= 0.3 is 0 Å². The molecular formula is C15H25FN2. The van der Waals surface area contributed by atoms with Crippen LogP contribution in [0.4, 0.5) is 10.1 Å². The van der Waals surface area contributed by atoms with Crippen molar-refractivity contribution in [2.75, 3.05) is 25.5 Å². The number of hydrogen-bond acceptors (Lipinski definition) is 2. The molecule has 1 aromatic carbocycles. The van der Waals surface area contributed by atoms with Crippen LogP contribution in [0.3, 0.4) is 0 Å². The van der Waals surface area contributed by atoms with Gasteiger partial charge in [-0.3, -0.25) is 0 Å². The summed E-state index contributed by atoms with van der Waals surface area (Å²) < 4.78 is 14.1. The maximum atomic E-state index is 14.1. The minimum atomic E-state index is -0.139. The summed E-state index contributed by atoms with van der Waals surface area (Å²) in [6, 6.07) is 5.45. The topological polar surface area (TPSA) is 15.3 Å². The van der Waals surface area contributed by atoms with E-state index in [2.05, 4.69) is 26.1 Å². The van der Waals surface area contributed by atoms with Crippen molar-refractivity contribution < 1.29 is 4.39 Å².